The minimum atomic E-state index is -0.329. The van der Waals surface area contributed by atoms with Gasteiger partial charge in [0, 0.05) is 24.1 Å². The van der Waals surface area contributed by atoms with E-state index in [1.54, 1.807) is 6.07 Å². The minimum absolute atomic E-state index is 0.116. The predicted molar refractivity (Wildman–Crippen MR) is 62.8 cm³/mol. The van der Waals surface area contributed by atoms with Crippen molar-refractivity contribution in [2.45, 2.75) is 18.9 Å². The lowest BCUT2D eigenvalue weighted by Crippen LogP contribution is -2.14. The standard InChI is InChI=1S/C12H17NO4/c1-16-11-7-8(14)3-4-9(11)10(13)5-6-12(15)17-2/h3-4,7,10,14H,5-6,13H2,1-2H3. The van der Waals surface area contributed by atoms with Crippen LogP contribution in [0.5, 0.6) is 11.5 Å². The summed E-state index contributed by atoms with van der Waals surface area (Å²) in [6, 6.07) is 4.39. The van der Waals surface area contributed by atoms with E-state index in [1.165, 1.54) is 26.4 Å². The number of benzene rings is 1. The predicted octanol–water partition coefficient (Wildman–Crippen LogP) is 1.35. The average Bonchev–Trinajstić information content (AvgIpc) is 2.35. The van der Waals surface area contributed by atoms with Crippen molar-refractivity contribution in [3.63, 3.8) is 0 Å². The number of hydrogen-bond donors (Lipinski definition) is 2. The van der Waals surface area contributed by atoms with Crippen molar-refractivity contribution >= 4 is 5.97 Å². The molecule has 1 aromatic carbocycles. The van der Waals surface area contributed by atoms with Gasteiger partial charge in [0.2, 0.25) is 0 Å². The zero-order valence-corrected chi connectivity index (χ0v) is 9.97. The fourth-order valence-electron chi connectivity index (χ4n) is 1.54. The van der Waals surface area contributed by atoms with Crippen LogP contribution in [0.1, 0.15) is 24.4 Å². The Labute approximate surface area is 100 Å². The molecule has 1 unspecified atom stereocenters. The average molecular weight is 239 g/mol. The van der Waals surface area contributed by atoms with E-state index in [9.17, 15) is 9.90 Å². The molecule has 0 aromatic heterocycles. The molecule has 0 saturated heterocycles. The lowest BCUT2D eigenvalue weighted by molar-refractivity contribution is -0.140. The topological polar surface area (TPSA) is 81.8 Å². The molecule has 0 fully saturated rings. The number of aromatic hydroxyl groups is 1. The molecular formula is C12H17NO4. The smallest absolute Gasteiger partial charge is 0.305 e. The molecule has 5 heteroatoms. The molecule has 0 spiro atoms. The summed E-state index contributed by atoms with van der Waals surface area (Å²) in [5.74, 6) is 0.339. The molecule has 1 atom stereocenters. The maximum absolute atomic E-state index is 11.0. The Morgan fingerprint density at radius 3 is 2.76 bits per heavy atom. The number of nitrogens with two attached hydrogens (primary N) is 1. The summed E-state index contributed by atoms with van der Waals surface area (Å²) in [6.07, 6.45) is 0.718. The van der Waals surface area contributed by atoms with Crippen LogP contribution < -0.4 is 10.5 Å². The number of carbonyl (C=O) groups is 1. The van der Waals surface area contributed by atoms with Crippen molar-refractivity contribution in [2.24, 2.45) is 5.73 Å². The number of phenolic OH excluding ortho intramolecular Hbond substituents is 1. The summed E-state index contributed by atoms with van der Waals surface area (Å²) in [5, 5.41) is 9.31. The van der Waals surface area contributed by atoms with Gasteiger partial charge in [-0.15, -0.1) is 0 Å². The fourth-order valence-corrected chi connectivity index (χ4v) is 1.54. The van der Waals surface area contributed by atoms with Crippen LogP contribution in [0.2, 0.25) is 0 Å². The summed E-state index contributed by atoms with van der Waals surface area (Å²) in [5.41, 5.74) is 6.71. The Hall–Kier alpha value is -1.75. The lowest BCUT2D eigenvalue weighted by Gasteiger charge is -2.15. The summed E-state index contributed by atoms with van der Waals surface area (Å²) in [6.45, 7) is 0. The first-order valence-corrected chi connectivity index (χ1v) is 5.27. The SMILES string of the molecule is COC(=O)CCC(N)c1ccc(O)cc1OC. The van der Waals surface area contributed by atoms with Crippen molar-refractivity contribution in [2.75, 3.05) is 14.2 Å². The molecule has 0 heterocycles. The first-order chi connectivity index (χ1) is 8.08. The van der Waals surface area contributed by atoms with Crippen molar-refractivity contribution in [3.8, 4) is 11.5 Å². The molecule has 0 aliphatic rings. The van der Waals surface area contributed by atoms with Gasteiger partial charge in [0.25, 0.3) is 0 Å². The first kappa shape index (κ1) is 13.3. The normalized spacial score (nSPS) is 11.9. The van der Waals surface area contributed by atoms with Gasteiger partial charge in [-0.25, -0.2) is 0 Å². The van der Waals surface area contributed by atoms with Gasteiger partial charge in [0.15, 0.2) is 0 Å². The van der Waals surface area contributed by atoms with Crippen LogP contribution in [0, 0.1) is 0 Å². The van der Waals surface area contributed by atoms with Crippen molar-refractivity contribution in [3.05, 3.63) is 23.8 Å². The van der Waals surface area contributed by atoms with Crippen LogP contribution in [-0.2, 0) is 9.53 Å². The van der Waals surface area contributed by atoms with Gasteiger partial charge in [-0.05, 0) is 12.5 Å². The molecule has 0 saturated carbocycles. The number of methoxy groups -OCH3 is 2. The van der Waals surface area contributed by atoms with Crippen LogP contribution in [0.4, 0.5) is 0 Å². The summed E-state index contributed by atoms with van der Waals surface area (Å²) in [4.78, 5) is 11.0. The quantitative estimate of drug-likeness (QED) is 0.758. The van der Waals surface area contributed by atoms with Crippen molar-refractivity contribution in [1.82, 2.24) is 0 Å². The molecular weight excluding hydrogens is 222 g/mol. The highest BCUT2D eigenvalue weighted by Crippen LogP contribution is 2.29. The largest absolute Gasteiger partial charge is 0.508 e. The molecule has 0 aliphatic carbocycles. The monoisotopic (exact) mass is 239 g/mol. The van der Waals surface area contributed by atoms with E-state index < -0.39 is 0 Å². The highest BCUT2D eigenvalue weighted by atomic mass is 16.5. The van der Waals surface area contributed by atoms with Crippen molar-refractivity contribution < 1.29 is 19.4 Å². The van der Waals surface area contributed by atoms with E-state index >= 15 is 0 Å². The van der Waals surface area contributed by atoms with Crippen molar-refractivity contribution in [1.29, 1.82) is 0 Å². The van der Waals surface area contributed by atoms with Gasteiger partial charge in [0.05, 0.1) is 14.2 Å². The molecule has 3 N–H and O–H groups in total. The molecule has 0 amide bonds. The molecule has 1 aromatic rings. The second-order valence-electron chi connectivity index (χ2n) is 3.65. The highest BCUT2D eigenvalue weighted by molar-refractivity contribution is 5.69. The Bertz CT molecular complexity index is 392. The summed E-state index contributed by atoms with van der Waals surface area (Å²) in [7, 11) is 2.85. The third kappa shape index (κ3) is 3.64. The molecule has 0 aliphatic heterocycles. The van der Waals surface area contributed by atoms with Crippen LogP contribution in [0.25, 0.3) is 0 Å². The van der Waals surface area contributed by atoms with Crippen LogP contribution in [0.3, 0.4) is 0 Å². The Morgan fingerprint density at radius 2 is 2.18 bits per heavy atom. The second-order valence-corrected chi connectivity index (χ2v) is 3.65. The Kier molecular flexibility index (Phi) is 4.78. The zero-order chi connectivity index (χ0) is 12.8. The molecule has 0 bridgehead atoms. The summed E-state index contributed by atoms with van der Waals surface area (Å²) >= 11 is 0. The van der Waals surface area contributed by atoms with Crippen LogP contribution in [0.15, 0.2) is 18.2 Å². The number of rotatable bonds is 5. The molecule has 94 valence electrons. The van der Waals surface area contributed by atoms with Gasteiger partial charge >= 0.3 is 5.97 Å². The second kappa shape index (κ2) is 6.10. The van der Waals surface area contributed by atoms with Gasteiger partial charge in [-0.1, -0.05) is 6.07 Å². The van der Waals surface area contributed by atoms with E-state index in [0.29, 0.717) is 12.2 Å². The van der Waals surface area contributed by atoms with E-state index in [2.05, 4.69) is 4.74 Å². The number of esters is 1. The van der Waals surface area contributed by atoms with Gasteiger partial charge in [0.1, 0.15) is 11.5 Å². The lowest BCUT2D eigenvalue weighted by atomic mass is 10.0. The number of carbonyl (C=O) groups excluding carboxylic acids is 1. The summed E-state index contributed by atoms with van der Waals surface area (Å²) < 4.78 is 9.67. The zero-order valence-electron chi connectivity index (χ0n) is 9.97. The van der Waals surface area contributed by atoms with E-state index in [-0.39, 0.29) is 24.2 Å². The molecule has 5 nitrogen and oxygen atoms in total. The third-order valence-electron chi connectivity index (χ3n) is 2.50. The van der Waals surface area contributed by atoms with E-state index in [4.69, 9.17) is 10.5 Å². The van der Waals surface area contributed by atoms with Gasteiger partial charge in [-0.3, -0.25) is 4.79 Å². The Balaban J connectivity index is 2.74. The maximum atomic E-state index is 11.0. The van der Waals surface area contributed by atoms with Crippen LogP contribution >= 0.6 is 0 Å². The molecule has 17 heavy (non-hydrogen) atoms. The third-order valence-corrected chi connectivity index (χ3v) is 2.50. The molecule has 0 radical (unpaired) electrons. The maximum Gasteiger partial charge on any atom is 0.305 e. The number of hydrogen-bond acceptors (Lipinski definition) is 5. The van der Waals surface area contributed by atoms with Gasteiger partial charge < -0.3 is 20.3 Å². The van der Waals surface area contributed by atoms with Crippen LogP contribution in [-0.4, -0.2) is 25.3 Å². The number of phenols is 1. The highest BCUT2D eigenvalue weighted by Gasteiger charge is 2.14. The fraction of sp³-hybridized carbons (Fsp3) is 0.417. The van der Waals surface area contributed by atoms with Gasteiger partial charge in [-0.2, -0.15) is 0 Å². The number of ether oxygens (including phenoxy) is 2. The Morgan fingerprint density at radius 1 is 1.47 bits per heavy atom. The first-order valence-electron chi connectivity index (χ1n) is 5.27. The molecule has 1 rings (SSSR count). The van der Waals surface area contributed by atoms with E-state index in [1.807, 2.05) is 0 Å². The minimum Gasteiger partial charge on any atom is -0.508 e. The van der Waals surface area contributed by atoms with E-state index in [0.717, 1.165) is 5.56 Å².